The van der Waals surface area contributed by atoms with Gasteiger partial charge in [-0.1, -0.05) is 13.8 Å². The van der Waals surface area contributed by atoms with Gasteiger partial charge in [0.1, 0.15) is 5.82 Å². The zero-order valence-electron chi connectivity index (χ0n) is 13.5. The first-order chi connectivity index (χ1) is 9.81. The van der Waals surface area contributed by atoms with Gasteiger partial charge in [0.05, 0.1) is 5.69 Å². The van der Waals surface area contributed by atoms with E-state index in [1.54, 1.807) is 12.1 Å². The Hall–Kier alpha value is -1.78. The molecule has 0 fully saturated rings. The third kappa shape index (κ3) is 5.61. The maximum atomic E-state index is 14.1. The number of rotatable bonds is 6. The van der Waals surface area contributed by atoms with Crippen molar-refractivity contribution in [2.75, 3.05) is 23.8 Å². The van der Waals surface area contributed by atoms with Gasteiger partial charge in [0.15, 0.2) is 0 Å². The van der Waals surface area contributed by atoms with Crippen LogP contribution in [0.1, 0.15) is 34.1 Å². The fourth-order valence-corrected chi connectivity index (χ4v) is 1.80. The first-order valence-corrected chi connectivity index (χ1v) is 7.38. The Morgan fingerprint density at radius 1 is 1.29 bits per heavy atom. The van der Waals surface area contributed by atoms with Crippen LogP contribution in [0.4, 0.5) is 20.6 Å². The van der Waals surface area contributed by atoms with Gasteiger partial charge in [0.25, 0.3) is 0 Å². The second kappa shape index (κ2) is 7.86. The Bertz CT molecular complexity index is 475. The molecule has 0 bridgehead atoms. The molecule has 0 saturated carbocycles. The van der Waals surface area contributed by atoms with Gasteiger partial charge in [0.2, 0.25) is 0 Å². The lowest BCUT2D eigenvalue weighted by molar-refractivity contribution is 0.251. The van der Waals surface area contributed by atoms with Crippen molar-refractivity contribution in [3.05, 3.63) is 24.0 Å². The second-order valence-corrected chi connectivity index (χ2v) is 5.93. The van der Waals surface area contributed by atoms with Crippen LogP contribution in [0.2, 0.25) is 0 Å². The lowest BCUT2D eigenvalue weighted by Gasteiger charge is -2.24. The molecule has 21 heavy (non-hydrogen) atoms. The molecule has 0 spiro atoms. The van der Waals surface area contributed by atoms with Crippen molar-refractivity contribution in [1.82, 2.24) is 5.32 Å². The van der Waals surface area contributed by atoms with Crippen LogP contribution in [0, 0.1) is 11.7 Å². The molecule has 0 aliphatic rings. The van der Waals surface area contributed by atoms with Crippen LogP contribution in [0.25, 0.3) is 0 Å². The molecule has 1 aromatic carbocycles. The number of urea groups is 1. The number of hydrogen-bond acceptors (Lipinski definition) is 2. The highest BCUT2D eigenvalue weighted by Gasteiger charge is 2.11. The van der Waals surface area contributed by atoms with Crippen LogP contribution in [-0.2, 0) is 0 Å². The van der Waals surface area contributed by atoms with Gasteiger partial charge in [0, 0.05) is 25.3 Å². The summed E-state index contributed by atoms with van der Waals surface area (Å²) in [7, 11) is 1.84. The SMILES string of the molecule is CC(C)CCNC(=O)Nc1ccc(N(C)C(C)C)c(F)c1. The van der Waals surface area contributed by atoms with E-state index in [1.165, 1.54) is 6.07 Å². The molecule has 0 aliphatic heterocycles. The summed E-state index contributed by atoms with van der Waals surface area (Å²) in [6, 6.07) is 4.63. The largest absolute Gasteiger partial charge is 0.370 e. The molecule has 0 saturated heterocycles. The van der Waals surface area contributed by atoms with Crippen LogP contribution in [0.3, 0.4) is 0 Å². The predicted octanol–water partition coefficient (Wildman–Crippen LogP) is 3.84. The number of halogens is 1. The van der Waals surface area contributed by atoms with Gasteiger partial charge in [-0.2, -0.15) is 0 Å². The summed E-state index contributed by atoms with van der Waals surface area (Å²) in [5.41, 5.74) is 0.978. The van der Waals surface area contributed by atoms with Gasteiger partial charge < -0.3 is 15.5 Å². The van der Waals surface area contributed by atoms with E-state index < -0.39 is 0 Å². The van der Waals surface area contributed by atoms with E-state index in [4.69, 9.17) is 0 Å². The minimum absolute atomic E-state index is 0.206. The Labute approximate surface area is 126 Å². The average Bonchev–Trinajstić information content (AvgIpc) is 2.37. The molecule has 0 radical (unpaired) electrons. The number of hydrogen-bond donors (Lipinski definition) is 2. The molecule has 0 atom stereocenters. The summed E-state index contributed by atoms with van der Waals surface area (Å²) >= 11 is 0. The first kappa shape index (κ1) is 17.3. The first-order valence-electron chi connectivity index (χ1n) is 7.38. The molecular weight excluding hydrogens is 269 g/mol. The highest BCUT2D eigenvalue weighted by atomic mass is 19.1. The Kier molecular flexibility index (Phi) is 6.46. The Balaban J connectivity index is 2.61. The third-order valence-corrected chi connectivity index (χ3v) is 3.37. The fraction of sp³-hybridized carbons (Fsp3) is 0.562. The van der Waals surface area contributed by atoms with Gasteiger partial charge in [-0.25, -0.2) is 9.18 Å². The highest BCUT2D eigenvalue weighted by Crippen LogP contribution is 2.23. The normalized spacial score (nSPS) is 10.9. The number of amides is 2. The van der Waals surface area contributed by atoms with E-state index in [2.05, 4.69) is 24.5 Å². The van der Waals surface area contributed by atoms with Crippen molar-refractivity contribution in [3.8, 4) is 0 Å². The van der Waals surface area contributed by atoms with E-state index in [-0.39, 0.29) is 17.9 Å². The summed E-state index contributed by atoms with van der Waals surface area (Å²) < 4.78 is 14.1. The smallest absolute Gasteiger partial charge is 0.319 e. The second-order valence-electron chi connectivity index (χ2n) is 5.93. The molecule has 1 rings (SSSR count). The lowest BCUT2D eigenvalue weighted by atomic mass is 10.1. The summed E-state index contributed by atoms with van der Waals surface area (Å²) in [5, 5.41) is 5.40. The Morgan fingerprint density at radius 3 is 2.48 bits per heavy atom. The van der Waals surface area contributed by atoms with Gasteiger partial charge in [-0.3, -0.25) is 0 Å². The summed E-state index contributed by atoms with van der Waals surface area (Å²) in [6.45, 7) is 8.79. The van der Waals surface area contributed by atoms with Gasteiger partial charge in [-0.15, -0.1) is 0 Å². The zero-order valence-corrected chi connectivity index (χ0v) is 13.5. The maximum absolute atomic E-state index is 14.1. The van der Waals surface area contributed by atoms with E-state index in [1.807, 2.05) is 25.8 Å². The van der Waals surface area contributed by atoms with Crippen LogP contribution in [0.15, 0.2) is 18.2 Å². The molecule has 1 aromatic rings. The molecule has 5 heteroatoms. The molecular formula is C16H26FN3O. The van der Waals surface area contributed by atoms with Crippen LogP contribution < -0.4 is 15.5 Å². The van der Waals surface area contributed by atoms with Crippen LogP contribution in [0.5, 0.6) is 0 Å². The van der Waals surface area contributed by atoms with Crippen molar-refractivity contribution in [2.24, 2.45) is 5.92 Å². The minimum Gasteiger partial charge on any atom is -0.370 e. The fourth-order valence-electron chi connectivity index (χ4n) is 1.80. The summed E-state index contributed by atoms with van der Waals surface area (Å²) in [6.07, 6.45) is 0.917. The lowest BCUT2D eigenvalue weighted by Crippen LogP contribution is -2.30. The van der Waals surface area contributed by atoms with Gasteiger partial charge in [-0.05, 0) is 44.4 Å². The number of nitrogens with one attached hydrogen (secondary N) is 2. The van der Waals surface area contributed by atoms with E-state index in [9.17, 15) is 9.18 Å². The number of nitrogens with zero attached hydrogens (tertiary/aromatic N) is 1. The number of anilines is 2. The topological polar surface area (TPSA) is 44.4 Å². The van der Waals surface area contributed by atoms with Crippen molar-refractivity contribution >= 4 is 17.4 Å². The molecule has 2 amide bonds. The third-order valence-electron chi connectivity index (χ3n) is 3.37. The molecule has 0 aliphatic carbocycles. The van der Waals surface area contributed by atoms with Crippen molar-refractivity contribution in [3.63, 3.8) is 0 Å². The van der Waals surface area contributed by atoms with Crippen LogP contribution in [-0.4, -0.2) is 25.7 Å². The van der Waals surface area contributed by atoms with E-state index >= 15 is 0 Å². The summed E-state index contributed by atoms with van der Waals surface area (Å²) in [5.74, 6) is 0.194. The van der Waals surface area contributed by atoms with Crippen molar-refractivity contribution in [1.29, 1.82) is 0 Å². The molecule has 118 valence electrons. The minimum atomic E-state index is -0.341. The molecule has 0 aromatic heterocycles. The molecule has 4 nitrogen and oxygen atoms in total. The molecule has 0 heterocycles. The van der Waals surface area contributed by atoms with Crippen molar-refractivity contribution in [2.45, 2.75) is 40.2 Å². The number of carbonyl (C=O) groups is 1. The van der Waals surface area contributed by atoms with Gasteiger partial charge >= 0.3 is 6.03 Å². The highest BCUT2D eigenvalue weighted by molar-refractivity contribution is 5.89. The predicted molar refractivity (Wildman–Crippen MR) is 86.4 cm³/mol. The zero-order chi connectivity index (χ0) is 16.0. The Morgan fingerprint density at radius 2 is 1.95 bits per heavy atom. The van der Waals surface area contributed by atoms with Crippen molar-refractivity contribution < 1.29 is 9.18 Å². The average molecular weight is 295 g/mol. The van der Waals surface area contributed by atoms with E-state index in [0.717, 1.165) is 6.42 Å². The molecule has 2 N–H and O–H groups in total. The van der Waals surface area contributed by atoms with E-state index in [0.29, 0.717) is 23.8 Å². The maximum Gasteiger partial charge on any atom is 0.319 e. The standard InChI is InChI=1S/C16H26FN3O/c1-11(2)8-9-18-16(21)19-13-6-7-15(14(17)10-13)20(5)12(3)4/h6-7,10-12H,8-9H2,1-5H3,(H2,18,19,21). The monoisotopic (exact) mass is 295 g/mol. The summed E-state index contributed by atoms with van der Waals surface area (Å²) in [4.78, 5) is 13.5. The number of benzene rings is 1. The van der Waals surface area contributed by atoms with Crippen LogP contribution >= 0.6 is 0 Å². The quantitative estimate of drug-likeness (QED) is 0.837. The number of carbonyl (C=O) groups excluding carboxylic acids is 1. The molecule has 0 unspecified atom stereocenters.